The Balaban J connectivity index is 2.01. The van der Waals surface area contributed by atoms with E-state index in [1.54, 1.807) is 28.6 Å². The van der Waals surface area contributed by atoms with Crippen molar-refractivity contribution in [2.75, 3.05) is 5.32 Å². The van der Waals surface area contributed by atoms with E-state index in [-0.39, 0.29) is 17.5 Å². The molecule has 3 rings (SSSR count). The van der Waals surface area contributed by atoms with Crippen molar-refractivity contribution in [2.45, 2.75) is 25.4 Å². The monoisotopic (exact) mass is 332 g/mol. The number of nitrogens with zero attached hydrogens (tertiary/aromatic N) is 3. The number of nitro groups is 1. The summed E-state index contributed by atoms with van der Waals surface area (Å²) in [5.41, 5.74) is 2.69. The van der Waals surface area contributed by atoms with Gasteiger partial charge in [0.1, 0.15) is 5.82 Å². The number of thioether (sulfide) groups is 1. The van der Waals surface area contributed by atoms with Gasteiger partial charge in [0.2, 0.25) is 5.91 Å². The fraction of sp³-hybridized carbons (Fsp3) is 0.333. The Kier molecular flexibility index (Phi) is 4.08. The quantitative estimate of drug-likeness (QED) is 0.686. The molecule has 23 heavy (non-hydrogen) atoms. The maximum atomic E-state index is 12.1. The van der Waals surface area contributed by atoms with E-state index in [9.17, 15) is 14.9 Å². The Labute approximate surface area is 137 Å². The van der Waals surface area contributed by atoms with Crippen LogP contribution in [0.4, 0.5) is 11.5 Å². The van der Waals surface area contributed by atoms with E-state index in [0.29, 0.717) is 11.5 Å². The summed E-state index contributed by atoms with van der Waals surface area (Å²) in [6, 6.07) is 6.15. The molecule has 0 spiro atoms. The molecular weight excluding hydrogens is 316 g/mol. The Bertz CT molecular complexity index is 768. The fourth-order valence-corrected chi connectivity index (χ4v) is 3.34. The van der Waals surface area contributed by atoms with Gasteiger partial charge in [-0.1, -0.05) is 13.8 Å². The topological polar surface area (TPSA) is 90.1 Å². The predicted molar refractivity (Wildman–Crippen MR) is 88.7 cm³/mol. The second-order valence-electron chi connectivity index (χ2n) is 5.60. The molecule has 0 saturated carbocycles. The minimum Gasteiger partial charge on any atom is -0.310 e. The molecule has 8 heteroatoms. The van der Waals surface area contributed by atoms with Gasteiger partial charge in [0.15, 0.2) is 0 Å². The maximum absolute atomic E-state index is 12.1. The summed E-state index contributed by atoms with van der Waals surface area (Å²) in [6.45, 7) is 3.66. The molecule has 0 fully saturated rings. The van der Waals surface area contributed by atoms with Crippen molar-refractivity contribution in [1.29, 1.82) is 0 Å². The van der Waals surface area contributed by atoms with Gasteiger partial charge in [-0.3, -0.25) is 14.9 Å². The number of carbonyl (C=O) groups is 1. The SMILES string of the molecule is CC(C)C(=O)Nc1c2c(nn1-c1ccc([N+](=O)[O-])cc1)CSC2. The van der Waals surface area contributed by atoms with E-state index < -0.39 is 4.92 Å². The number of nitro benzene ring substituents is 1. The van der Waals surface area contributed by atoms with Crippen LogP contribution in [0.2, 0.25) is 0 Å². The van der Waals surface area contributed by atoms with Gasteiger partial charge in [0.25, 0.3) is 5.69 Å². The molecular formula is C15H16N4O3S. The highest BCUT2D eigenvalue weighted by molar-refractivity contribution is 7.98. The number of aromatic nitrogens is 2. The molecule has 7 nitrogen and oxygen atoms in total. The zero-order chi connectivity index (χ0) is 16.6. The van der Waals surface area contributed by atoms with Crippen LogP contribution in [0.25, 0.3) is 5.69 Å². The molecule has 1 aromatic carbocycles. The van der Waals surface area contributed by atoms with Gasteiger partial charge in [-0.05, 0) is 12.1 Å². The normalized spacial score (nSPS) is 13.2. The Morgan fingerprint density at radius 2 is 2.04 bits per heavy atom. The van der Waals surface area contributed by atoms with Gasteiger partial charge in [-0.15, -0.1) is 0 Å². The molecule has 0 saturated heterocycles. The standard InChI is InChI=1S/C15H16N4O3S/c1-9(2)15(20)16-14-12-7-23-8-13(12)17-18(14)10-3-5-11(6-4-10)19(21)22/h3-6,9H,7-8H2,1-2H3,(H,16,20). The second-order valence-corrected chi connectivity index (χ2v) is 6.58. The molecule has 0 unspecified atom stereocenters. The number of rotatable bonds is 4. The van der Waals surface area contributed by atoms with Crippen LogP contribution in [-0.2, 0) is 16.3 Å². The van der Waals surface area contributed by atoms with Crippen molar-refractivity contribution in [1.82, 2.24) is 9.78 Å². The Morgan fingerprint density at radius 1 is 1.35 bits per heavy atom. The van der Waals surface area contributed by atoms with E-state index in [1.165, 1.54) is 12.1 Å². The average Bonchev–Trinajstić information content (AvgIpc) is 3.09. The summed E-state index contributed by atoms with van der Waals surface area (Å²) in [5, 5.41) is 18.3. The molecule has 1 aromatic heterocycles. The van der Waals surface area contributed by atoms with Crippen molar-refractivity contribution in [3.05, 3.63) is 45.6 Å². The van der Waals surface area contributed by atoms with Crippen LogP contribution < -0.4 is 5.32 Å². The van der Waals surface area contributed by atoms with Crippen LogP contribution in [0.3, 0.4) is 0 Å². The molecule has 1 aliphatic rings. The van der Waals surface area contributed by atoms with Gasteiger partial charge in [0, 0.05) is 35.1 Å². The first-order chi connectivity index (χ1) is 11.0. The lowest BCUT2D eigenvalue weighted by Gasteiger charge is -2.12. The first-order valence-electron chi connectivity index (χ1n) is 7.21. The third kappa shape index (κ3) is 2.94. The summed E-state index contributed by atoms with van der Waals surface area (Å²) in [5.74, 6) is 2.06. The molecule has 0 radical (unpaired) electrons. The van der Waals surface area contributed by atoms with Gasteiger partial charge in [0.05, 0.1) is 16.3 Å². The van der Waals surface area contributed by atoms with E-state index in [2.05, 4.69) is 10.4 Å². The van der Waals surface area contributed by atoms with Crippen molar-refractivity contribution in [3.63, 3.8) is 0 Å². The minimum absolute atomic E-state index is 0.0248. The van der Waals surface area contributed by atoms with Gasteiger partial charge >= 0.3 is 0 Å². The summed E-state index contributed by atoms with van der Waals surface area (Å²) >= 11 is 1.75. The number of nitrogens with one attached hydrogen (secondary N) is 1. The van der Waals surface area contributed by atoms with Crippen LogP contribution in [0.15, 0.2) is 24.3 Å². The third-order valence-electron chi connectivity index (χ3n) is 3.62. The predicted octanol–water partition coefficient (Wildman–Crippen LogP) is 3.12. The summed E-state index contributed by atoms with van der Waals surface area (Å²) in [6.07, 6.45) is 0. The molecule has 120 valence electrons. The van der Waals surface area contributed by atoms with Crippen LogP contribution in [-0.4, -0.2) is 20.6 Å². The number of fused-ring (bicyclic) bond motifs is 1. The van der Waals surface area contributed by atoms with Crippen molar-refractivity contribution < 1.29 is 9.72 Å². The zero-order valence-corrected chi connectivity index (χ0v) is 13.6. The highest BCUT2D eigenvalue weighted by Gasteiger charge is 2.25. The molecule has 2 heterocycles. The van der Waals surface area contributed by atoms with Gasteiger partial charge in [-0.2, -0.15) is 16.9 Å². The summed E-state index contributed by atoms with van der Waals surface area (Å²) in [7, 11) is 0. The number of hydrogen-bond acceptors (Lipinski definition) is 5. The van der Waals surface area contributed by atoms with Crippen molar-refractivity contribution >= 4 is 29.2 Å². The van der Waals surface area contributed by atoms with Crippen LogP contribution in [0, 0.1) is 16.0 Å². The van der Waals surface area contributed by atoms with Gasteiger partial charge in [-0.25, -0.2) is 4.68 Å². The van der Waals surface area contributed by atoms with Crippen LogP contribution in [0.5, 0.6) is 0 Å². The molecule has 1 amide bonds. The number of hydrogen-bond donors (Lipinski definition) is 1. The van der Waals surface area contributed by atoms with E-state index in [4.69, 9.17) is 0 Å². The number of benzene rings is 1. The summed E-state index contributed by atoms with van der Waals surface area (Å²) in [4.78, 5) is 22.4. The fourth-order valence-electron chi connectivity index (χ4n) is 2.30. The number of non-ortho nitro benzene ring substituents is 1. The molecule has 0 aliphatic carbocycles. The van der Waals surface area contributed by atoms with Gasteiger partial charge < -0.3 is 5.32 Å². The van der Waals surface area contributed by atoms with Crippen LogP contribution in [0.1, 0.15) is 25.1 Å². The highest BCUT2D eigenvalue weighted by atomic mass is 32.2. The minimum atomic E-state index is -0.440. The first-order valence-corrected chi connectivity index (χ1v) is 8.37. The first kappa shape index (κ1) is 15.5. The maximum Gasteiger partial charge on any atom is 0.269 e. The molecule has 0 atom stereocenters. The largest absolute Gasteiger partial charge is 0.310 e. The smallest absolute Gasteiger partial charge is 0.269 e. The summed E-state index contributed by atoms with van der Waals surface area (Å²) < 4.78 is 1.66. The highest BCUT2D eigenvalue weighted by Crippen LogP contribution is 2.36. The number of anilines is 1. The molecule has 0 bridgehead atoms. The lowest BCUT2D eigenvalue weighted by Crippen LogP contribution is -2.20. The number of carbonyl (C=O) groups excluding carboxylic acids is 1. The van der Waals surface area contributed by atoms with E-state index in [0.717, 1.165) is 22.8 Å². The molecule has 2 aromatic rings. The second kappa shape index (κ2) is 6.04. The Morgan fingerprint density at radius 3 is 2.65 bits per heavy atom. The zero-order valence-electron chi connectivity index (χ0n) is 12.8. The third-order valence-corrected chi connectivity index (χ3v) is 4.59. The Hall–Kier alpha value is -2.35. The van der Waals surface area contributed by atoms with E-state index in [1.807, 2.05) is 13.8 Å². The van der Waals surface area contributed by atoms with Crippen molar-refractivity contribution in [3.8, 4) is 5.69 Å². The number of amides is 1. The van der Waals surface area contributed by atoms with Crippen LogP contribution >= 0.6 is 11.8 Å². The lowest BCUT2D eigenvalue weighted by atomic mass is 10.2. The van der Waals surface area contributed by atoms with E-state index >= 15 is 0 Å². The lowest BCUT2D eigenvalue weighted by molar-refractivity contribution is -0.384. The average molecular weight is 332 g/mol. The molecule has 1 N–H and O–H groups in total. The molecule has 1 aliphatic heterocycles. The van der Waals surface area contributed by atoms with Crippen molar-refractivity contribution in [2.24, 2.45) is 5.92 Å².